The van der Waals surface area contributed by atoms with Gasteiger partial charge in [0.25, 0.3) is 0 Å². The highest BCUT2D eigenvalue weighted by atomic mass is 16.6. The number of ether oxygens (including phenoxy) is 1. The summed E-state index contributed by atoms with van der Waals surface area (Å²) in [4.78, 5) is 22.4. The fourth-order valence-electron chi connectivity index (χ4n) is 2.27. The first-order valence-corrected chi connectivity index (χ1v) is 7.55. The van der Waals surface area contributed by atoms with Crippen molar-refractivity contribution in [2.45, 2.75) is 38.5 Å². The van der Waals surface area contributed by atoms with E-state index in [0.29, 0.717) is 0 Å². The van der Waals surface area contributed by atoms with Crippen molar-refractivity contribution in [3.63, 3.8) is 0 Å². The number of cyclic esters (lactones) is 1. The van der Waals surface area contributed by atoms with Gasteiger partial charge in [-0.3, -0.25) is 9.59 Å². The van der Waals surface area contributed by atoms with Crippen LogP contribution < -0.4 is 5.32 Å². The number of aliphatic hydroxyl groups excluding tert-OH is 1. The molecule has 1 aromatic carbocycles. The van der Waals surface area contributed by atoms with E-state index < -0.39 is 12.2 Å². The molecular weight excluding hydrogens is 294 g/mol. The van der Waals surface area contributed by atoms with E-state index in [9.17, 15) is 14.7 Å². The molecule has 0 aromatic heterocycles. The van der Waals surface area contributed by atoms with Crippen molar-refractivity contribution in [1.29, 1.82) is 0 Å². The highest BCUT2D eigenvalue weighted by Crippen LogP contribution is 2.22. The zero-order valence-corrected chi connectivity index (χ0v) is 13.2. The van der Waals surface area contributed by atoms with Crippen LogP contribution in [0.25, 0.3) is 6.08 Å². The van der Waals surface area contributed by atoms with E-state index in [1.807, 2.05) is 24.3 Å². The number of allylic oxidation sites excluding steroid dienone is 1. The average Bonchev–Trinajstić information content (AvgIpc) is 2.84. The summed E-state index contributed by atoms with van der Waals surface area (Å²) >= 11 is 0. The third-order valence-electron chi connectivity index (χ3n) is 3.40. The fraction of sp³-hybridized carbons (Fsp3) is 0.333. The summed E-state index contributed by atoms with van der Waals surface area (Å²) < 4.78 is 5.24. The second kappa shape index (κ2) is 7.74. The summed E-state index contributed by atoms with van der Waals surface area (Å²) in [5.74, 6) is -0.259. The molecule has 5 heteroatoms. The molecule has 2 rings (SSSR count). The van der Waals surface area contributed by atoms with Crippen LogP contribution >= 0.6 is 0 Å². The maximum atomic E-state index is 11.5. The topological polar surface area (TPSA) is 75.6 Å². The Hall–Kier alpha value is -2.40. The van der Waals surface area contributed by atoms with Crippen molar-refractivity contribution in [1.82, 2.24) is 0 Å². The van der Waals surface area contributed by atoms with Gasteiger partial charge in [0.15, 0.2) is 5.78 Å². The largest absolute Gasteiger partial charge is 0.456 e. The van der Waals surface area contributed by atoms with E-state index in [4.69, 9.17) is 4.74 Å². The number of carbonyl (C=O) groups is 2. The lowest BCUT2D eigenvalue weighted by atomic mass is 10.1. The number of benzene rings is 1. The van der Waals surface area contributed by atoms with Crippen molar-refractivity contribution in [2.75, 3.05) is 5.32 Å². The van der Waals surface area contributed by atoms with Crippen molar-refractivity contribution < 1.29 is 19.4 Å². The van der Waals surface area contributed by atoms with Crippen LogP contribution in [0, 0.1) is 0 Å². The van der Waals surface area contributed by atoms with Crippen LogP contribution in [-0.4, -0.2) is 35.1 Å². The van der Waals surface area contributed by atoms with Crippen LogP contribution in [0.2, 0.25) is 0 Å². The standard InChI is InChI=1S/C18H21NO4/c1-12(20)3-5-14-6-8-15(9-7-14)19-16-11-18(22)23-17(16)10-4-13(2)21/h3-10,13,16-17,19,21H,11H2,1-2H3/b5-3+,10-4+. The molecule has 0 spiro atoms. The Morgan fingerprint density at radius 1 is 1.39 bits per heavy atom. The lowest BCUT2D eigenvalue weighted by Crippen LogP contribution is -2.27. The molecule has 0 amide bonds. The molecule has 1 aliphatic heterocycles. The lowest BCUT2D eigenvalue weighted by Gasteiger charge is -2.17. The van der Waals surface area contributed by atoms with Gasteiger partial charge in [0, 0.05) is 5.69 Å². The molecule has 5 nitrogen and oxygen atoms in total. The highest BCUT2D eigenvalue weighted by molar-refractivity contribution is 5.91. The van der Waals surface area contributed by atoms with Crippen molar-refractivity contribution in [3.05, 3.63) is 48.1 Å². The SMILES string of the molecule is CC(=O)/C=C/c1ccc(NC2CC(=O)OC2/C=C/C(C)O)cc1. The Labute approximate surface area is 135 Å². The first kappa shape index (κ1) is 17.0. The van der Waals surface area contributed by atoms with Gasteiger partial charge in [0.2, 0.25) is 0 Å². The Morgan fingerprint density at radius 3 is 2.70 bits per heavy atom. The van der Waals surface area contributed by atoms with Gasteiger partial charge in [-0.15, -0.1) is 0 Å². The van der Waals surface area contributed by atoms with Crippen LogP contribution in [0.5, 0.6) is 0 Å². The van der Waals surface area contributed by atoms with Gasteiger partial charge in [-0.25, -0.2) is 0 Å². The zero-order chi connectivity index (χ0) is 16.8. The van der Waals surface area contributed by atoms with Gasteiger partial charge in [0.05, 0.1) is 18.6 Å². The maximum absolute atomic E-state index is 11.5. The first-order chi connectivity index (χ1) is 10.9. The summed E-state index contributed by atoms with van der Waals surface area (Å²) in [6.45, 7) is 3.15. The molecule has 0 bridgehead atoms. The number of hydrogen-bond donors (Lipinski definition) is 2. The zero-order valence-electron chi connectivity index (χ0n) is 13.2. The minimum absolute atomic E-state index is 0.00144. The molecular formula is C18H21NO4. The Balaban J connectivity index is 2.02. The van der Waals surface area contributed by atoms with E-state index >= 15 is 0 Å². The van der Waals surface area contributed by atoms with Gasteiger partial charge in [-0.1, -0.05) is 24.3 Å². The van der Waals surface area contributed by atoms with Gasteiger partial charge < -0.3 is 15.2 Å². The molecule has 1 saturated heterocycles. The average molecular weight is 315 g/mol. The summed E-state index contributed by atoms with van der Waals surface area (Å²) in [6, 6.07) is 7.38. The molecule has 1 fully saturated rings. The Bertz CT molecular complexity index is 616. The normalized spacial score (nSPS) is 22.5. The Morgan fingerprint density at radius 2 is 2.09 bits per heavy atom. The number of aliphatic hydroxyl groups is 1. The monoisotopic (exact) mass is 315 g/mol. The Kier molecular flexibility index (Phi) is 5.71. The molecule has 0 radical (unpaired) electrons. The van der Waals surface area contributed by atoms with Crippen LogP contribution in [0.4, 0.5) is 5.69 Å². The number of rotatable bonds is 6. The molecule has 3 atom stereocenters. The first-order valence-electron chi connectivity index (χ1n) is 7.55. The fourth-order valence-corrected chi connectivity index (χ4v) is 2.27. The van der Waals surface area contributed by atoms with Crippen LogP contribution in [-0.2, 0) is 14.3 Å². The number of anilines is 1. The molecule has 1 heterocycles. The molecule has 0 aliphatic carbocycles. The number of ketones is 1. The lowest BCUT2D eigenvalue weighted by molar-refractivity contribution is -0.140. The van der Waals surface area contributed by atoms with E-state index in [2.05, 4.69) is 5.32 Å². The predicted octanol–water partition coefficient (Wildman–Crippen LogP) is 2.32. The predicted molar refractivity (Wildman–Crippen MR) is 88.9 cm³/mol. The van der Waals surface area contributed by atoms with Crippen LogP contribution in [0.3, 0.4) is 0 Å². The van der Waals surface area contributed by atoms with Crippen molar-refractivity contribution in [3.8, 4) is 0 Å². The van der Waals surface area contributed by atoms with Gasteiger partial charge in [0.1, 0.15) is 6.10 Å². The quantitative estimate of drug-likeness (QED) is 0.479. The van der Waals surface area contributed by atoms with Gasteiger partial charge in [-0.2, -0.15) is 0 Å². The van der Waals surface area contributed by atoms with E-state index in [-0.39, 0.29) is 24.2 Å². The third kappa shape index (κ3) is 5.38. The minimum atomic E-state index is -0.581. The molecule has 23 heavy (non-hydrogen) atoms. The van der Waals surface area contributed by atoms with Gasteiger partial charge in [-0.05, 0) is 43.7 Å². The smallest absolute Gasteiger partial charge is 0.308 e. The summed E-state index contributed by atoms with van der Waals surface area (Å²) in [5.41, 5.74) is 1.79. The van der Waals surface area contributed by atoms with Gasteiger partial charge >= 0.3 is 5.97 Å². The summed E-state index contributed by atoms with van der Waals surface area (Å²) in [5, 5.41) is 12.6. The number of nitrogens with one attached hydrogen (secondary N) is 1. The highest BCUT2D eigenvalue weighted by Gasteiger charge is 2.32. The van der Waals surface area contributed by atoms with E-state index in [1.54, 1.807) is 25.2 Å². The third-order valence-corrected chi connectivity index (χ3v) is 3.40. The van der Waals surface area contributed by atoms with E-state index in [1.165, 1.54) is 13.0 Å². The number of carbonyl (C=O) groups excluding carboxylic acids is 2. The number of hydrogen-bond acceptors (Lipinski definition) is 5. The van der Waals surface area contributed by atoms with Crippen LogP contribution in [0.15, 0.2) is 42.5 Å². The van der Waals surface area contributed by atoms with Crippen molar-refractivity contribution in [2.24, 2.45) is 0 Å². The second-order valence-corrected chi connectivity index (χ2v) is 5.60. The molecule has 1 aromatic rings. The van der Waals surface area contributed by atoms with E-state index in [0.717, 1.165) is 11.3 Å². The maximum Gasteiger partial charge on any atom is 0.308 e. The second-order valence-electron chi connectivity index (χ2n) is 5.60. The molecule has 0 saturated carbocycles. The molecule has 122 valence electrons. The summed E-state index contributed by atoms with van der Waals surface area (Å²) in [6.07, 6.45) is 5.88. The van der Waals surface area contributed by atoms with Crippen molar-refractivity contribution >= 4 is 23.5 Å². The minimum Gasteiger partial charge on any atom is -0.456 e. The van der Waals surface area contributed by atoms with Crippen LogP contribution in [0.1, 0.15) is 25.8 Å². The number of esters is 1. The summed E-state index contributed by atoms with van der Waals surface area (Å²) in [7, 11) is 0. The molecule has 1 aliphatic rings. The molecule has 3 unspecified atom stereocenters. The molecule has 2 N–H and O–H groups in total.